The van der Waals surface area contributed by atoms with Gasteiger partial charge in [-0.15, -0.1) is 11.8 Å². The smallest absolute Gasteiger partial charge is 0.240 e. The second-order valence-electron chi connectivity index (χ2n) is 10.9. The van der Waals surface area contributed by atoms with Gasteiger partial charge in [0.25, 0.3) is 0 Å². The number of nitrogens with two attached hydrogens (primary N) is 1. The molecule has 0 radical (unpaired) electrons. The number of rotatable bonds is 9. The van der Waals surface area contributed by atoms with Crippen LogP contribution >= 0.6 is 11.8 Å². The van der Waals surface area contributed by atoms with E-state index in [1.54, 1.807) is 11.8 Å². The molecule has 1 saturated heterocycles. The first kappa shape index (κ1) is 25.6. The zero-order valence-electron chi connectivity index (χ0n) is 21.2. The van der Waals surface area contributed by atoms with E-state index < -0.39 is 0 Å². The Morgan fingerprint density at radius 1 is 1.03 bits per heavy atom. The van der Waals surface area contributed by atoms with Crippen molar-refractivity contribution in [3.8, 4) is 0 Å². The maximum absolute atomic E-state index is 13.6. The molecule has 1 aromatic rings. The predicted molar refractivity (Wildman–Crippen MR) is 144 cm³/mol. The van der Waals surface area contributed by atoms with E-state index in [2.05, 4.69) is 47.9 Å². The van der Waals surface area contributed by atoms with Crippen LogP contribution in [-0.2, 0) is 4.79 Å². The van der Waals surface area contributed by atoms with Crippen LogP contribution in [0, 0.1) is 17.2 Å². The summed E-state index contributed by atoms with van der Waals surface area (Å²) < 4.78 is 0. The third-order valence-corrected chi connectivity index (χ3v) is 9.69. The average molecular weight is 485 g/mol. The Morgan fingerprint density at radius 3 is 2.50 bits per heavy atom. The molecule has 2 heterocycles. The van der Waals surface area contributed by atoms with Crippen LogP contribution in [0.3, 0.4) is 0 Å². The molecule has 34 heavy (non-hydrogen) atoms. The Balaban J connectivity index is 1.32. The summed E-state index contributed by atoms with van der Waals surface area (Å²) in [5.74, 6) is 1.31. The van der Waals surface area contributed by atoms with E-state index in [1.807, 2.05) is 0 Å². The molecule has 2 fully saturated rings. The number of unbranched alkanes of at least 4 members (excludes halogenated alkanes) is 2. The van der Waals surface area contributed by atoms with Crippen molar-refractivity contribution in [1.29, 1.82) is 5.41 Å². The molecule has 5 nitrogen and oxygen atoms in total. The van der Waals surface area contributed by atoms with Gasteiger partial charge in [-0.25, -0.2) is 0 Å². The zero-order chi connectivity index (χ0) is 24.1. The van der Waals surface area contributed by atoms with E-state index in [4.69, 9.17) is 11.1 Å². The quantitative estimate of drug-likeness (QED) is 0.254. The number of anilines is 1. The van der Waals surface area contributed by atoms with Crippen LogP contribution in [0.2, 0.25) is 0 Å². The number of amides is 1. The number of hydrogen-bond acceptors (Lipinski definition) is 4. The predicted octanol–water partition coefficient (Wildman–Crippen LogP) is 6.06. The summed E-state index contributed by atoms with van der Waals surface area (Å²) in [5, 5.41) is 7.85. The molecule has 0 bridgehead atoms. The van der Waals surface area contributed by atoms with Gasteiger partial charge in [0.15, 0.2) is 0 Å². The average Bonchev–Trinajstić information content (AvgIpc) is 2.82. The molecule has 4 rings (SSSR count). The van der Waals surface area contributed by atoms with Gasteiger partial charge in [-0.3, -0.25) is 15.1 Å². The van der Waals surface area contributed by atoms with Crippen LogP contribution in [-0.4, -0.2) is 47.1 Å². The van der Waals surface area contributed by atoms with Crippen molar-refractivity contribution >= 4 is 29.2 Å². The number of nitrogens with one attached hydrogen (secondary N) is 1. The van der Waals surface area contributed by atoms with Gasteiger partial charge in [0.1, 0.15) is 0 Å². The van der Waals surface area contributed by atoms with Gasteiger partial charge in [-0.1, -0.05) is 37.8 Å². The Bertz CT molecular complexity index is 835. The maximum atomic E-state index is 13.6. The van der Waals surface area contributed by atoms with Crippen molar-refractivity contribution in [3.63, 3.8) is 0 Å². The minimum absolute atomic E-state index is 0.0133. The third kappa shape index (κ3) is 6.17. The number of thioether (sulfide) groups is 1. The number of benzene rings is 1. The monoisotopic (exact) mass is 484 g/mol. The van der Waals surface area contributed by atoms with Gasteiger partial charge < -0.3 is 10.6 Å². The fraction of sp³-hybridized carbons (Fsp3) is 0.714. The van der Waals surface area contributed by atoms with Crippen molar-refractivity contribution in [1.82, 2.24) is 4.90 Å². The summed E-state index contributed by atoms with van der Waals surface area (Å²) in [4.78, 5) is 19.6. The summed E-state index contributed by atoms with van der Waals surface area (Å²) in [5.41, 5.74) is 6.91. The summed E-state index contributed by atoms with van der Waals surface area (Å²) in [6, 6.07) is 9.84. The molecule has 3 unspecified atom stereocenters. The maximum Gasteiger partial charge on any atom is 0.240 e. The van der Waals surface area contributed by atoms with E-state index in [9.17, 15) is 4.79 Å². The lowest BCUT2D eigenvalue weighted by Gasteiger charge is -2.39. The number of piperidine rings is 1. The van der Waals surface area contributed by atoms with Crippen molar-refractivity contribution in [3.05, 3.63) is 24.3 Å². The summed E-state index contributed by atoms with van der Waals surface area (Å²) in [7, 11) is 0. The molecule has 2 aliphatic heterocycles. The molecule has 3 N–H and O–H groups in total. The summed E-state index contributed by atoms with van der Waals surface area (Å²) in [6.45, 7) is 6.76. The zero-order valence-corrected chi connectivity index (χ0v) is 22.0. The van der Waals surface area contributed by atoms with Crippen LogP contribution in [0.5, 0.6) is 0 Å². The number of amidine groups is 1. The lowest BCUT2D eigenvalue weighted by molar-refractivity contribution is -0.118. The number of likely N-dealkylation sites (tertiary alicyclic amines) is 1. The number of nitrogens with zero attached hydrogens (tertiary/aromatic N) is 2. The first-order valence-electron chi connectivity index (χ1n) is 13.6. The summed E-state index contributed by atoms with van der Waals surface area (Å²) in [6.07, 6.45) is 12.6. The number of carbonyl (C=O) groups excluding carboxylic acids is 1. The highest BCUT2D eigenvalue weighted by atomic mass is 32.2. The number of fused-ring (bicyclic) bond motifs is 1. The van der Waals surface area contributed by atoms with Crippen molar-refractivity contribution < 1.29 is 4.79 Å². The van der Waals surface area contributed by atoms with E-state index in [1.165, 1.54) is 43.5 Å². The van der Waals surface area contributed by atoms with Crippen LogP contribution in [0.4, 0.5) is 5.69 Å². The van der Waals surface area contributed by atoms with Gasteiger partial charge in [0, 0.05) is 29.4 Å². The molecule has 188 valence electrons. The second kappa shape index (κ2) is 11.9. The van der Waals surface area contributed by atoms with Gasteiger partial charge in [0.05, 0.1) is 16.8 Å². The van der Waals surface area contributed by atoms with E-state index >= 15 is 0 Å². The fourth-order valence-electron chi connectivity index (χ4n) is 6.40. The van der Waals surface area contributed by atoms with Crippen LogP contribution < -0.4 is 10.6 Å². The number of para-hydroxylation sites is 1. The molecule has 1 saturated carbocycles. The Morgan fingerprint density at radius 2 is 1.74 bits per heavy atom. The molecular weight excluding hydrogens is 440 g/mol. The molecule has 1 aliphatic carbocycles. The largest absolute Gasteiger partial charge is 0.387 e. The van der Waals surface area contributed by atoms with E-state index in [0.717, 1.165) is 50.8 Å². The Hall–Kier alpha value is -1.53. The Labute approximate surface area is 210 Å². The highest BCUT2D eigenvalue weighted by Crippen LogP contribution is 2.43. The van der Waals surface area contributed by atoms with E-state index in [0.29, 0.717) is 23.8 Å². The summed E-state index contributed by atoms with van der Waals surface area (Å²) >= 11 is 1.75. The lowest BCUT2D eigenvalue weighted by atomic mass is 9.78. The first-order valence-corrected chi connectivity index (χ1v) is 14.5. The number of hydrogen-bond donors (Lipinski definition) is 2. The molecule has 6 heteroatoms. The molecule has 1 amide bonds. The third-order valence-electron chi connectivity index (χ3n) is 8.41. The molecule has 0 aromatic heterocycles. The van der Waals surface area contributed by atoms with Gasteiger partial charge in [-0.05, 0) is 83.4 Å². The lowest BCUT2D eigenvalue weighted by Crippen LogP contribution is -2.44. The van der Waals surface area contributed by atoms with Crippen LogP contribution in [0.1, 0.15) is 84.5 Å². The van der Waals surface area contributed by atoms with Crippen molar-refractivity contribution in [2.45, 2.75) is 107 Å². The van der Waals surface area contributed by atoms with Crippen LogP contribution in [0.25, 0.3) is 0 Å². The normalized spacial score (nSPS) is 30.2. The second-order valence-corrected chi connectivity index (χ2v) is 12.2. The Kier molecular flexibility index (Phi) is 8.97. The molecule has 5 atom stereocenters. The highest BCUT2D eigenvalue weighted by molar-refractivity contribution is 8.01. The molecule has 1 aromatic carbocycles. The molecular formula is C28H44N4OS. The number of carbonyl (C=O) groups is 1. The van der Waals surface area contributed by atoms with Gasteiger partial charge in [-0.2, -0.15) is 0 Å². The van der Waals surface area contributed by atoms with Crippen LogP contribution in [0.15, 0.2) is 29.2 Å². The van der Waals surface area contributed by atoms with Crippen molar-refractivity contribution in [2.75, 3.05) is 18.0 Å². The topological polar surface area (TPSA) is 73.4 Å². The van der Waals surface area contributed by atoms with Crippen molar-refractivity contribution in [2.24, 2.45) is 17.6 Å². The molecule has 3 aliphatic rings. The van der Waals surface area contributed by atoms with Gasteiger partial charge in [0.2, 0.25) is 5.91 Å². The SMILES string of the molecule is C[C@@H]1CCC[C@H](C)N1CCCCCN1C(=O)C(CC2CCCC(C(=N)N)C2)Sc2ccccc21. The van der Waals surface area contributed by atoms with E-state index in [-0.39, 0.29) is 17.1 Å². The standard InChI is InChI=1S/C28H44N4OS/c1-20-10-8-11-21(2)31(20)16-6-3-7-17-32-24-14-4-5-15-25(24)34-26(28(32)33)19-22-12-9-13-23(18-22)27(29)30/h4-5,14-15,20-23,26H,3,6-13,16-19H2,1-2H3,(H3,29,30)/t20-,21+,22?,23?,26?. The minimum atomic E-state index is -0.0133. The first-order chi connectivity index (χ1) is 16.4. The fourth-order valence-corrected chi connectivity index (χ4v) is 7.76. The molecule has 0 spiro atoms. The highest BCUT2D eigenvalue weighted by Gasteiger charge is 2.36. The van der Waals surface area contributed by atoms with Gasteiger partial charge >= 0.3 is 0 Å². The minimum Gasteiger partial charge on any atom is -0.387 e.